The SMILES string of the molecule is Cc1ccc2c(c1)c1ccccc1n2-c1ccc(-n2c3ccccc3c3cc(C)ccc32)c2c(-c3cc(-c4ccccc4)nc(-c4ccccc4)n3)cc(=O)oc12. The van der Waals surface area contributed by atoms with Gasteiger partial charge in [-0.3, -0.25) is 0 Å². The summed E-state index contributed by atoms with van der Waals surface area (Å²) in [4.78, 5) is 24.4. The summed E-state index contributed by atoms with van der Waals surface area (Å²) >= 11 is 0. The van der Waals surface area contributed by atoms with Gasteiger partial charge in [0, 0.05) is 44.3 Å². The molecule has 11 aromatic rings. The molecule has 0 amide bonds. The third-order valence-electron chi connectivity index (χ3n) is 11.1. The van der Waals surface area contributed by atoms with Gasteiger partial charge < -0.3 is 13.6 Å². The number of rotatable bonds is 5. The number of benzene rings is 7. The highest BCUT2D eigenvalue weighted by atomic mass is 16.4. The molecule has 0 saturated carbocycles. The van der Waals surface area contributed by atoms with Crippen LogP contribution < -0.4 is 5.63 Å². The molecule has 0 atom stereocenters. The van der Waals surface area contributed by atoms with Crippen molar-refractivity contribution in [1.82, 2.24) is 19.1 Å². The van der Waals surface area contributed by atoms with E-state index in [2.05, 4.69) is 120 Å². The van der Waals surface area contributed by atoms with Gasteiger partial charge in [0.2, 0.25) is 0 Å². The Morgan fingerprint density at radius 1 is 0.456 bits per heavy atom. The van der Waals surface area contributed by atoms with Crippen LogP contribution in [0.25, 0.3) is 99.9 Å². The summed E-state index contributed by atoms with van der Waals surface area (Å²) in [6.45, 7) is 4.24. The van der Waals surface area contributed by atoms with Crippen molar-refractivity contribution in [3.63, 3.8) is 0 Å². The van der Waals surface area contributed by atoms with E-state index in [1.165, 1.54) is 11.1 Å². The second kappa shape index (κ2) is 12.8. The summed E-state index contributed by atoms with van der Waals surface area (Å²) in [5, 5.41) is 5.32. The average molecular weight is 735 g/mol. The minimum Gasteiger partial charge on any atom is -0.420 e. The van der Waals surface area contributed by atoms with Crippen LogP contribution in [0, 0.1) is 13.8 Å². The molecule has 0 aliphatic rings. The Morgan fingerprint density at radius 3 is 1.60 bits per heavy atom. The number of aryl methyl sites for hydroxylation is 2. The Kier molecular flexibility index (Phi) is 7.34. The first-order valence-electron chi connectivity index (χ1n) is 19.1. The Balaban J connectivity index is 1.31. The fraction of sp³-hybridized carbons (Fsp3) is 0.0392. The molecular weight excluding hydrogens is 701 g/mol. The molecule has 7 aromatic carbocycles. The summed E-state index contributed by atoms with van der Waals surface area (Å²) in [7, 11) is 0. The molecular formula is C51H34N4O2. The predicted molar refractivity (Wildman–Crippen MR) is 233 cm³/mol. The Labute approximate surface area is 327 Å². The minimum absolute atomic E-state index is 0.466. The maximum atomic E-state index is 14.1. The van der Waals surface area contributed by atoms with Gasteiger partial charge in [-0.05, 0) is 68.4 Å². The van der Waals surface area contributed by atoms with E-state index in [9.17, 15) is 4.79 Å². The van der Waals surface area contributed by atoms with Crippen LogP contribution >= 0.6 is 0 Å². The lowest BCUT2D eigenvalue weighted by atomic mass is 10.0. The van der Waals surface area contributed by atoms with Gasteiger partial charge in [-0.1, -0.05) is 120 Å². The van der Waals surface area contributed by atoms with Crippen LogP contribution in [0.2, 0.25) is 0 Å². The second-order valence-electron chi connectivity index (χ2n) is 14.7. The number of para-hydroxylation sites is 2. The molecule has 0 radical (unpaired) electrons. The summed E-state index contributed by atoms with van der Waals surface area (Å²) in [5.74, 6) is 0.566. The molecule has 4 aromatic heterocycles. The maximum absolute atomic E-state index is 14.1. The summed E-state index contributed by atoms with van der Waals surface area (Å²) in [5.41, 5.74) is 12.0. The lowest BCUT2D eigenvalue weighted by molar-refractivity contribution is 0.560. The molecule has 0 unspecified atom stereocenters. The predicted octanol–water partition coefficient (Wildman–Crippen LogP) is 12.4. The maximum Gasteiger partial charge on any atom is 0.336 e. The highest BCUT2D eigenvalue weighted by molar-refractivity contribution is 6.14. The van der Waals surface area contributed by atoms with E-state index in [0.717, 1.165) is 77.2 Å². The average Bonchev–Trinajstić information content (AvgIpc) is 3.75. The highest BCUT2D eigenvalue weighted by Gasteiger charge is 2.24. The third kappa shape index (κ3) is 5.22. The molecule has 0 spiro atoms. The normalized spacial score (nSPS) is 11.8. The smallest absolute Gasteiger partial charge is 0.336 e. The van der Waals surface area contributed by atoms with Crippen molar-refractivity contribution >= 4 is 54.6 Å². The van der Waals surface area contributed by atoms with Gasteiger partial charge in [0.1, 0.15) is 0 Å². The van der Waals surface area contributed by atoms with Gasteiger partial charge in [-0.25, -0.2) is 14.8 Å². The van der Waals surface area contributed by atoms with Crippen molar-refractivity contribution in [1.29, 1.82) is 0 Å². The first kappa shape index (κ1) is 32.8. The van der Waals surface area contributed by atoms with Crippen LogP contribution in [0.5, 0.6) is 0 Å². The molecule has 270 valence electrons. The Hall–Kier alpha value is -7.57. The van der Waals surface area contributed by atoms with Crippen LogP contribution in [-0.4, -0.2) is 19.1 Å². The monoisotopic (exact) mass is 734 g/mol. The quantitative estimate of drug-likeness (QED) is 0.165. The minimum atomic E-state index is -0.466. The van der Waals surface area contributed by atoms with E-state index < -0.39 is 5.63 Å². The van der Waals surface area contributed by atoms with E-state index in [4.69, 9.17) is 14.4 Å². The lowest BCUT2D eigenvalue weighted by Gasteiger charge is -2.18. The lowest BCUT2D eigenvalue weighted by Crippen LogP contribution is -2.07. The van der Waals surface area contributed by atoms with Gasteiger partial charge >= 0.3 is 5.63 Å². The molecule has 0 bridgehead atoms. The van der Waals surface area contributed by atoms with E-state index >= 15 is 0 Å². The Bertz CT molecular complexity index is 3390. The van der Waals surface area contributed by atoms with Crippen molar-refractivity contribution in [2.24, 2.45) is 0 Å². The van der Waals surface area contributed by atoms with E-state index in [1.807, 2.05) is 66.7 Å². The van der Waals surface area contributed by atoms with E-state index in [0.29, 0.717) is 22.7 Å². The molecule has 11 rings (SSSR count). The van der Waals surface area contributed by atoms with Crippen LogP contribution in [-0.2, 0) is 0 Å². The van der Waals surface area contributed by atoms with Gasteiger partial charge in [0.25, 0.3) is 0 Å². The molecule has 0 N–H and O–H groups in total. The van der Waals surface area contributed by atoms with Crippen molar-refractivity contribution in [2.45, 2.75) is 13.8 Å². The standard InChI is InChI=1S/C51H34N4O2/c1-31-21-23-44-37(27-31)35-17-9-11-19-42(35)54(44)46-25-26-47(55-43-20-12-10-18-36(43)38-28-32(2)22-24-45(38)55)50-49(46)39(29-48(56)57-50)41-30-40(33-13-5-3-6-14-33)52-51(53-41)34-15-7-4-8-16-34/h3-30H,1-2H3. The fourth-order valence-corrected chi connectivity index (χ4v) is 8.56. The van der Waals surface area contributed by atoms with Gasteiger partial charge in [0.05, 0.1) is 50.2 Å². The molecule has 0 saturated heterocycles. The van der Waals surface area contributed by atoms with Crippen molar-refractivity contribution < 1.29 is 4.42 Å². The first-order chi connectivity index (χ1) is 28.0. The third-order valence-corrected chi connectivity index (χ3v) is 11.1. The molecule has 4 heterocycles. The Morgan fingerprint density at radius 2 is 0.965 bits per heavy atom. The fourth-order valence-electron chi connectivity index (χ4n) is 8.56. The van der Waals surface area contributed by atoms with Crippen LogP contribution in [0.3, 0.4) is 0 Å². The number of aromatic nitrogens is 4. The zero-order valence-corrected chi connectivity index (χ0v) is 31.3. The largest absolute Gasteiger partial charge is 0.420 e. The van der Waals surface area contributed by atoms with Gasteiger partial charge in [-0.2, -0.15) is 0 Å². The number of hydrogen-bond donors (Lipinski definition) is 0. The molecule has 6 nitrogen and oxygen atoms in total. The number of fused-ring (bicyclic) bond motifs is 7. The van der Waals surface area contributed by atoms with Crippen LogP contribution in [0.15, 0.2) is 179 Å². The highest BCUT2D eigenvalue weighted by Crippen LogP contribution is 2.42. The topological polar surface area (TPSA) is 65.8 Å². The van der Waals surface area contributed by atoms with Crippen molar-refractivity contribution in [3.8, 4) is 45.3 Å². The zero-order chi connectivity index (χ0) is 38.2. The summed E-state index contributed by atoms with van der Waals surface area (Å²) in [6, 6.07) is 57.9. The number of hydrogen-bond acceptors (Lipinski definition) is 4. The van der Waals surface area contributed by atoms with E-state index in [1.54, 1.807) is 6.07 Å². The first-order valence-corrected chi connectivity index (χ1v) is 19.1. The van der Waals surface area contributed by atoms with Crippen molar-refractivity contribution in [2.75, 3.05) is 0 Å². The number of nitrogens with zero attached hydrogens (tertiary/aromatic N) is 4. The molecule has 0 aliphatic carbocycles. The summed E-state index contributed by atoms with van der Waals surface area (Å²) in [6.07, 6.45) is 0. The summed E-state index contributed by atoms with van der Waals surface area (Å²) < 4.78 is 11.0. The van der Waals surface area contributed by atoms with E-state index in [-0.39, 0.29) is 0 Å². The molecule has 0 fully saturated rings. The van der Waals surface area contributed by atoms with Crippen LogP contribution in [0.1, 0.15) is 11.1 Å². The van der Waals surface area contributed by atoms with Crippen LogP contribution in [0.4, 0.5) is 0 Å². The molecule has 57 heavy (non-hydrogen) atoms. The zero-order valence-electron chi connectivity index (χ0n) is 31.3. The van der Waals surface area contributed by atoms with Gasteiger partial charge in [-0.15, -0.1) is 0 Å². The van der Waals surface area contributed by atoms with Gasteiger partial charge in [0.15, 0.2) is 11.4 Å². The molecule has 0 aliphatic heterocycles. The molecule has 6 heteroatoms. The van der Waals surface area contributed by atoms with Crippen molar-refractivity contribution in [3.05, 3.63) is 191 Å². The second-order valence-corrected chi connectivity index (χ2v) is 14.7.